The van der Waals surface area contributed by atoms with Gasteiger partial charge < -0.3 is 4.98 Å². The summed E-state index contributed by atoms with van der Waals surface area (Å²) >= 11 is 0. The second-order valence-corrected chi connectivity index (χ2v) is 2.65. The van der Waals surface area contributed by atoms with Crippen LogP contribution < -0.4 is 10.3 Å². The first-order valence-electron chi connectivity index (χ1n) is 2.38. The fraction of sp³-hybridized carbons (Fsp3) is 0. The van der Waals surface area contributed by atoms with Gasteiger partial charge in [-0.1, -0.05) is 0 Å². The maximum atomic E-state index is 9.19. The highest BCUT2D eigenvalue weighted by molar-refractivity contribution is 7.86. The lowest BCUT2D eigenvalue weighted by molar-refractivity contribution is 0.599. The van der Waals surface area contributed by atoms with Gasteiger partial charge in [0.25, 0.3) is 10.2 Å². The Balaban J connectivity index is 0.000000162. The van der Waals surface area contributed by atoms with E-state index in [1.54, 1.807) is 0 Å². The summed E-state index contributed by atoms with van der Waals surface area (Å²) in [6.45, 7) is 0. The van der Waals surface area contributed by atoms with Crippen molar-refractivity contribution < 1.29 is 8.42 Å². The highest BCUT2D eigenvalue weighted by Gasteiger charge is 1.78. The molecule has 1 rings (SSSR count). The predicted molar refractivity (Wildman–Crippen MR) is 38.1 cm³/mol. The molecule has 0 aliphatic carbocycles. The molecular weight excluding hydrogens is 154 g/mol. The first-order chi connectivity index (χ1) is 4.50. The second kappa shape index (κ2) is 4.04. The highest BCUT2D eigenvalue weighted by atomic mass is 32.2. The third kappa shape index (κ3) is 15.7. The van der Waals surface area contributed by atoms with Crippen LogP contribution in [0.15, 0.2) is 24.5 Å². The molecule has 0 aliphatic heterocycles. The molecule has 5 N–H and O–H groups in total. The first kappa shape index (κ1) is 9.15. The van der Waals surface area contributed by atoms with E-state index in [-0.39, 0.29) is 0 Å². The molecule has 5 nitrogen and oxygen atoms in total. The van der Waals surface area contributed by atoms with Gasteiger partial charge in [0.2, 0.25) is 0 Å². The Morgan fingerprint density at radius 3 is 1.50 bits per heavy atom. The summed E-state index contributed by atoms with van der Waals surface area (Å²) in [5.41, 5.74) is 0. The molecule has 0 atom stereocenters. The molecular formula is C4H9N3O2S. The minimum atomic E-state index is -3.67. The van der Waals surface area contributed by atoms with Crippen LogP contribution in [-0.2, 0) is 10.2 Å². The summed E-state index contributed by atoms with van der Waals surface area (Å²) in [6, 6.07) is 3.89. The van der Waals surface area contributed by atoms with Crippen LogP contribution in [0.2, 0.25) is 0 Å². The number of hydrogen-bond donors (Lipinski definition) is 3. The zero-order valence-corrected chi connectivity index (χ0v) is 6.01. The molecule has 0 unspecified atom stereocenters. The van der Waals surface area contributed by atoms with Gasteiger partial charge in [-0.05, 0) is 12.1 Å². The van der Waals surface area contributed by atoms with Gasteiger partial charge in [-0.2, -0.15) is 8.42 Å². The molecule has 6 heteroatoms. The van der Waals surface area contributed by atoms with E-state index in [2.05, 4.69) is 15.3 Å². The van der Waals surface area contributed by atoms with Crippen molar-refractivity contribution in [1.82, 2.24) is 4.98 Å². The van der Waals surface area contributed by atoms with E-state index in [1.165, 1.54) is 0 Å². The van der Waals surface area contributed by atoms with Gasteiger partial charge in [0.05, 0.1) is 0 Å². The van der Waals surface area contributed by atoms with Crippen molar-refractivity contribution in [3.8, 4) is 0 Å². The summed E-state index contributed by atoms with van der Waals surface area (Å²) < 4.78 is 18.4. The highest BCUT2D eigenvalue weighted by Crippen LogP contribution is 1.72. The number of aromatic nitrogens is 1. The average molecular weight is 163 g/mol. The first-order valence-corrected chi connectivity index (χ1v) is 3.99. The second-order valence-electron chi connectivity index (χ2n) is 1.47. The van der Waals surface area contributed by atoms with Crippen LogP contribution in [-0.4, -0.2) is 13.4 Å². The van der Waals surface area contributed by atoms with E-state index >= 15 is 0 Å². The zero-order valence-electron chi connectivity index (χ0n) is 5.19. The third-order valence-electron chi connectivity index (χ3n) is 0.496. The molecule has 10 heavy (non-hydrogen) atoms. The number of aromatic amines is 1. The third-order valence-corrected chi connectivity index (χ3v) is 0.496. The van der Waals surface area contributed by atoms with Crippen molar-refractivity contribution in [3.05, 3.63) is 24.5 Å². The fourth-order valence-corrected chi connectivity index (χ4v) is 0.278. The Bertz CT molecular complexity index is 214. The van der Waals surface area contributed by atoms with Gasteiger partial charge in [-0.3, -0.25) is 0 Å². The van der Waals surface area contributed by atoms with E-state index in [1.807, 2.05) is 24.5 Å². The van der Waals surface area contributed by atoms with Gasteiger partial charge in [-0.15, -0.1) is 0 Å². The fourth-order valence-electron chi connectivity index (χ4n) is 0.278. The van der Waals surface area contributed by atoms with Gasteiger partial charge in [0.1, 0.15) is 0 Å². The molecule has 1 heterocycles. The standard InChI is InChI=1S/C4H5N.H4N2O2S/c1-2-4-5-3-1;1-5(2,3)4/h1-5H;(H4,1,2,3,4). The van der Waals surface area contributed by atoms with Crippen molar-refractivity contribution in [3.63, 3.8) is 0 Å². The number of hydrogen-bond acceptors (Lipinski definition) is 2. The Kier molecular flexibility index (Phi) is 3.70. The number of rotatable bonds is 0. The maximum absolute atomic E-state index is 9.19. The van der Waals surface area contributed by atoms with Crippen LogP contribution >= 0.6 is 0 Å². The molecule has 0 saturated heterocycles. The summed E-state index contributed by atoms with van der Waals surface area (Å²) in [5.74, 6) is 0. The van der Waals surface area contributed by atoms with E-state index in [0.29, 0.717) is 0 Å². The summed E-state index contributed by atoms with van der Waals surface area (Å²) in [5, 5.41) is 8.21. The number of nitrogens with two attached hydrogens (primary N) is 2. The van der Waals surface area contributed by atoms with E-state index in [0.717, 1.165) is 0 Å². The molecule has 0 aliphatic rings. The van der Waals surface area contributed by atoms with Crippen molar-refractivity contribution in [2.45, 2.75) is 0 Å². The van der Waals surface area contributed by atoms with Crippen LogP contribution in [0.4, 0.5) is 0 Å². The van der Waals surface area contributed by atoms with Gasteiger partial charge in [0, 0.05) is 12.4 Å². The molecule has 1 aromatic heterocycles. The monoisotopic (exact) mass is 163 g/mol. The molecule has 0 radical (unpaired) electrons. The molecule has 1 aromatic rings. The molecule has 0 fully saturated rings. The Morgan fingerprint density at radius 1 is 1.10 bits per heavy atom. The van der Waals surface area contributed by atoms with Gasteiger partial charge in [0.15, 0.2) is 0 Å². The lowest BCUT2D eigenvalue weighted by atomic mass is 10.7. The quantitative estimate of drug-likeness (QED) is 0.464. The molecule has 0 saturated carbocycles. The van der Waals surface area contributed by atoms with Crippen LogP contribution in [0, 0.1) is 0 Å². The molecule has 0 amide bonds. The smallest absolute Gasteiger partial charge is 0.271 e. The summed E-state index contributed by atoms with van der Waals surface area (Å²) in [6.07, 6.45) is 3.75. The zero-order chi connectivity index (χ0) is 8.04. The lowest BCUT2D eigenvalue weighted by Crippen LogP contribution is -2.21. The van der Waals surface area contributed by atoms with Crippen LogP contribution in [0.5, 0.6) is 0 Å². The lowest BCUT2D eigenvalue weighted by Gasteiger charge is -1.72. The molecule has 0 aromatic carbocycles. The van der Waals surface area contributed by atoms with Gasteiger partial charge >= 0.3 is 0 Å². The summed E-state index contributed by atoms with van der Waals surface area (Å²) in [7, 11) is -3.67. The largest absolute Gasteiger partial charge is 0.368 e. The van der Waals surface area contributed by atoms with Crippen LogP contribution in [0.3, 0.4) is 0 Å². The van der Waals surface area contributed by atoms with Crippen molar-refractivity contribution in [2.24, 2.45) is 10.3 Å². The molecule has 0 spiro atoms. The molecule has 0 bridgehead atoms. The minimum Gasteiger partial charge on any atom is -0.368 e. The van der Waals surface area contributed by atoms with E-state index in [4.69, 9.17) is 0 Å². The summed E-state index contributed by atoms with van der Waals surface area (Å²) in [4.78, 5) is 2.86. The number of H-pyrrole nitrogens is 1. The van der Waals surface area contributed by atoms with Crippen molar-refractivity contribution in [2.75, 3.05) is 0 Å². The molecule has 58 valence electrons. The minimum absolute atomic E-state index is 1.88. The Hall–Kier alpha value is -0.850. The van der Waals surface area contributed by atoms with E-state index < -0.39 is 10.2 Å². The van der Waals surface area contributed by atoms with Gasteiger partial charge in [-0.25, -0.2) is 10.3 Å². The van der Waals surface area contributed by atoms with Crippen LogP contribution in [0.1, 0.15) is 0 Å². The SMILES string of the molecule is NS(N)(=O)=O.c1cc[nH]c1. The maximum Gasteiger partial charge on any atom is 0.271 e. The predicted octanol–water partition coefficient (Wildman–Crippen LogP) is -0.837. The topological polar surface area (TPSA) is 102 Å². The normalized spacial score (nSPS) is 9.80. The van der Waals surface area contributed by atoms with Crippen LogP contribution in [0.25, 0.3) is 0 Å². The average Bonchev–Trinajstić information content (AvgIpc) is 2.07. The number of nitrogens with one attached hydrogen (secondary N) is 1. The van der Waals surface area contributed by atoms with Crippen molar-refractivity contribution in [1.29, 1.82) is 0 Å². The van der Waals surface area contributed by atoms with E-state index in [9.17, 15) is 8.42 Å². The van der Waals surface area contributed by atoms with Crippen molar-refractivity contribution >= 4 is 10.2 Å². The Labute approximate surface area is 59.2 Å². The Morgan fingerprint density at radius 2 is 1.40 bits per heavy atom.